The third-order valence-corrected chi connectivity index (χ3v) is 5.14. The van der Waals surface area contributed by atoms with Gasteiger partial charge in [-0.2, -0.15) is 26.3 Å². The van der Waals surface area contributed by atoms with E-state index in [1.54, 1.807) is 0 Å². The van der Waals surface area contributed by atoms with Gasteiger partial charge in [-0.15, -0.1) is 0 Å². The van der Waals surface area contributed by atoms with E-state index in [1.165, 1.54) is 12.1 Å². The molecule has 12 heteroatoms. The largest absolute Gasteiger partial charge is 0.419 e. The van der Waals surface area contributed by atoms with Crippen molar-refractivity contribution in [2.75, 3.05) is 10.7 Å². The lowest BCUT2D eigenvalue weighted by molar-refractivity contribution is -0.140. The maximum atomic E-state index is 12.8. The summed E-state index contributed by atoms with van der Waals surface area (Å²) in [4.78, 5) is 22.2. The number of hydrogen-bond donors (Lipinski definition) is 0. The molecule has 30 heavy (non-hydrogen) atoms. The monoisotopic (exact) mass is 628 g/mol. The fourth-order valence-corrected chi connectivity index (χ4v) is 3.11. The van der Waals surface area contributed by atoms with E-state index in [0.717, 1.165) is 12.1 Å². The molecular weight excluding hydrogens is 621 g/mol. The van der Waals surface area contributed by atoms with Gasteiger partial charge >= 0.3 is 12.4 Å². The Labute approximate surface area is 191 Å². The van der Waals surface area contributed by atoms with Crippen molar-refractivity contribution in [2.45, 2.75) is 12.4 Å². The molecule has 0 atom stereocenters. The van der Waals surface area contributed by atoms with Crippen LogP contribution in [0.4, 0.5) is 30.7 Å². The van der Waals surface area contributed by atoms with E-state index in [9.17, 15) is 40.3 Å². The van der Waals surface area contributed by atoms with Gasteiger partial charge in [-0.05, 0) is 30.3 Å². The topological polar surface area (TPSA) is 34.1 Å². The van der Waals surface area contributed by atoms with Crippen LogP contribution in [0.5, 0.6) is 0 Å². The predicted octanol–water partition coefficient (Wildman–Crippen LogP) is 7.47. The second-order valence-corrected chi connectivity index (χ2v) is 7.47. The van der Waals surface area contributed by atoms with Gasteiger partial charge in [0, 0.05) is 15.6 Å². The molecule has 0 aliphatic rings. The zero-order chi connectivity index (χ0) is 23.3. The van der Waals surface area contributed by atoms with Gasteiger partial charge in [0.05, 0.1) is 21.8 Å². The highest BCUT2D eigenvalue weighted by atomic mass is 79.9. The first kappa shape index (κ1) is 26.8. The Kier molecular flexibility index (Phi) is 9.68. The van der Waals surface area contributed by atoms with Crippen LogP contribution in [0.15, 0.2) is 40.9 Å². The van der Waals surface area contributed by atoms with Gasteiger partial charge < -0.3 is 0 Å². The Morgan fingerprint density at radius 1 is 0.733 bits per heavy atom. The van der Waals surface area contributed by atoms with Crippen LogP contribution in [0.25, 0.3) is 0 Å². The first-order chi connectivity index (χ1) is 13.7. The lowest BCUT2D eigenvalue weighted by atomic mass is 10.1. The molecule has 0 radical (unpaired) electrons. The summed E-state index contributed by atoms with van der Waals surface area (Å²) in [5.41, 5.74) is -2.38. The number of Topliss-reactive ketones (excluding diaryl/α,β-unsaturated/α-hetero) is 2. The molecule has 164 valence electrons. The standard InChI is InChI=1S/C9H5Br2F3O.C9H5BrF4O/c2*10-4-8(15)5-1-2-7(11)6(3-5)9(12,13)14/h2*1-3H,4H2. The zero-order valence-electron chi connectivity index (χ0n) is 14.5. The molecule has 0 aromatic heterocycles. The molecule has 0 spiro atoms. The van der Waals surface area contributed by atoms with E-state index in [-0.39, 0.29) is 32.0 Å². The molecule has 2 rings (SSSR count). The van der Waals surface area contributed by atoms with Gasteiger partial charge in [-0.1, -0.05) is 53.9 Å². The number of halogens is 10. The van der Waals surface area contributed by atoms with Gasteiger partial charge in [0.25, 0.3) is 0 Å². The summed E-state index contributed by atoms with van der Waals surface area (Å²) in [5, 5.41) is -0.0954. The Morgan fingerprint density at radius 2 is 1.13 bits per heavy atom. The smallest absolute Gasteiger partial charge is 0.293 e. The summed E-state index contributed by atoms with van der Waals surface area (Å²) >= 11 is 8.52. The molecule has 0 aliphatic heterocycles. The van der Waals surface area contributed by atoms with Gasteiger partial charge in [0.15, 0.2) is 11.6 Å². The highest BCUT2D eigenvalue weighted by molar-refractivity contribution is 9.10. The van der Waals surface area contributed by atoms with Crippen molar-refractivity contribution in [2.24, 2.45) is 0 Å². The molecule has 0 amide bonds. The SMILES string of the molecule is O=C(CBr)c1ccc(Br)c(C(F)(F)F)c1.O=C(CBr)c1ccc(F)c(C(F)(F)F)c1. The Bertz CT molecular complexity index is 849. The summed E-state index contributed by atoms with van der Waals surface area (Å²) in [7, 11) is 0. The number of carbonyl (C=O) groups excluding carboxylic acids is 2. The molecule has 0 saturated carbocycles. The lowest BCUT2D eigenvalue weighted by Crippen LogP contribution is -2.10. The summed E-state index contributed by atoms with van der Waals surface area (Å²) in [6.45, 7) is 0. The molecule has 0 heterocycles. The molecule has 2 aromatic carbocycles. The third kappa shape index (κ3) is 7.45. The van der Waals surface area contributed by atoms with Crippen molar-refractivity contribution in [3.63, 3.8) is 0 Å². The van der Waals surface area contributed by atoms with E-state index in [1.807, 2.05) is 0 Å². The van der Waals surface area contributed by atoms with Crippen molar-refractivity contribution in [3.8, 4) is 0 Å². The number of rotatable bonds is 4. The van der Waals surface area contributed by atoms with E-state index in [2.05, 4.69) is 47.8 Å². The van der Waals surface area contributed by atoms with Crippen LogP contribution in [0, 0.1) is 5.82 Å². The second-order valence-electron chi connectivity index (χ2n) is 5.50. The Morgan fingerprint density at radius 3 is 1.53 bits per heavy atom. The molecule has 2 aromatic rings. The Balaban J connectivity index is 0.000000300. The van der Waals surface area contributed by atoms with Crippen LogP contribution < -0.4 is 0 Å². The number of carbonyl (C=O) groups is 2. The second kappa shape index (κ2) is 10.9. The fourth-order valence-electron chi connectivity index (χ4n) is 1.99. The van der Waals surface area contributed by atoms with E-state index in [4.69, 9.17) is 0 Å². The summed E-state index contributed by atoms with van der Waals surface area (Å²) in [6, 6.07) is 5.58. The minimum Gasteiger partial charge on any atom is -0.293 e. The first-order valence-corrected chi connectivity index (χ1v) is 10.7. The highest BCUT2D eigenvalue weighted by Gasteiger charge is 2.35. The number of alkyl halides is 8. The van der Waals surface area contributed by atoms with Crippen LogP contribution in [-0.4, -0.2) is 22.2 Å². The van der Waals surface area contributed by atoms with Crippen molar-refractivity contribution < 1.29 is 40.3 Å². The number of benzene rings is 2. The van der Waals surface area contributed by atoms with Gasteiger partial charge in [0.1, 0.15) is 5.82 Å². The van der Waals surface area contributed by atoms with Crippen molar-refractivity contribution in [1.29, 1.82) is 0 Å². The molecular formula is C18H10Br3F7O2. The average Bonchev–Trinajstić information content (AvgIpc) is 2.66. The fraction of sp³-hybridized carbons (Fsp3) is 0.222. The quantitative estimate of drug-likeness (QED) is 0.200. The van der Waals surface area contributed by atoms with Gasteiger partial charge in [0.2, 0.25) is 0 Å². The van der Waals surface area contributed by atoms with Gasteiger partial charge in [-0.25, -0.2) is 4.39 Å². The van der Waals surface area contributed by atoms with Crippen LogP contribution >= 0.6 is 47.8 Å². The Hall–Kier alpha value is -1.27. The summed E-state index contributed by atoms with van der Waals surface area (Å²) in [6.07, 6.45) is -9.24. The molecule has 0 saturated heterocycles. The summed E-state index contributed by atoms with van der Waals surface area (Å²) < 4.78 is 86.7. The van der Waals surface area contributed by atoms with Crippen molar-refractivity contribution in [1.82, 2.24) is 0 Å². The molecule has 0 aliphatic carbocycles. The molecule has 0 bridgehead atoms. The minimum atomic E-state index is -4.79. The molecule has 0 N–H and O–H groups in total. The van der Waals surface area contributed by atoms with E-state index >= 15 is 0 Å². The van der Waals surface area contributed by atoms with Gasteiger partial charge in [-0.3, -0.25) is 9.59 Å². The van der Waals surface area contributed by atoms with Crippen molar-refractivity contribution in [3.05, 3.63) is 68.9 Å². The number of hydrogen-bond acceptors (Lipinski definition) is 2. The number of ketones is 2. The molecule has 0 unspecified atom stereocenters. The summed E-state index contributed by atoms with van der Waals surface area (Å²) in [5.74, 6) is -2.29. The van der Waals surface area contributed by atoms with E-state index in [0.29, 0.717) is 12.1 Å². The third-order valence-electron chi connectivity index (χ3n) is 3.43. The first-order valence-electron chi connectivity index (χ1n) is 7.64. The minimum absolute atomic E-state index is 0.00588. The lowest BCUT2D eigenvalue weighted by Gasteiger charge is -2.10. The highest BCUT2D eigenvalue weighted by Crippen LogP contribution is 2.35. The van der Waals surface area contributed by atoms with Crippen molar-refractivity contribution >= 4 is 59.4 Å². The zero-order valence-corrected chi connectivity index (χ0v) is 19.2. The maximum Gasteiger partial charge on any atom is 0.419 e. The molecule has 2 nitrogen and oxygen atoms in total. The van der Waals surface area contributed by atoms with Crippen LogP contribution in [0.3, 0.4) is 0 Å². The predicted molar refractivity (Wildman–Crippen MR) is 107 cm³/mol. The van der Waals surface area contributed by atoms with Crippen LogP contribution in [0.2, 0.25) is 0 Å². The average molecular weight is 631 g/mol. The van der Waals surface area contributed by atoms with Crippen LogP contribution in [-0.2, 0) is 12.4 Å². The normalized spacial score (nSPS) is 11.5. The maximum absolute atomic E-state index is 12.8. The van der Waals surface area contributed by atoms with E-state index < -0.39 is 35.1 Å². The molecule has 0 fully saturated rings. The van der Waals surface area contributed by atoms with Crippen LogP contribution in [0.1, 0.15) is 31.8 Å².